The second-order valence-corrected chi connectivity index (χ2v) is 6.12. The first-order valence-electron chi connectivity index (χ1n) is 8.60. The number of benzene rings is 3. The van der Waals surface area contributed by atoms with Gasteiger partial charge in [-0.25, -0.2) is 4.98 Å². The molecule has 0 spiro atoms. The molecule has 0 aliphatic carbocycles. The van der Waals surface area contributed by atoms with E-state index in [9.17, 15) is 0 Å². The Kier molecular flexibility index (Phi) is 4.48. The molecule has 2 heteroatoms. The average Bonchev–Trinajstić information content (AvgIpc) is 2.72. The molecule has 0 radical (unpaired) electrons. The molecule has 126 valence electrons. The Morgan fingerprint density at radius 3 is 2.27 bits per heavy atom. The predicted molar refractivity (Wildman–Crippen MR) is 109 cm³/mol. The molecule has 0 unspecified atom stereocenters. The van der Waals surface area contributed by atoms with Crippen molar-refractivity contribution in [3.8, 4) is 16.9 Å². The summed E-state index contributed by atoms with van der Waals surface area (Å²) in [4.78, 5) is 4.69. The number of nitrogens with zero attached hydrogens (tertiary/aromatic N) is 1. The van der Waals surface area contributed by atoms with Crippen LogP contribution in [0.2, 0.25) is 0 Å². The molecule has 0 saturated carbocycles. The van der Waals surface area contributed by atoms with Crippen molar-refractivity contribution in [2.45, 2.75) is 0 Å². The quantitative estimate of drug-likeness (QED) is 0.450. The van der Waals surface area contributed by atoms with Crippen molar-refractivity contribution in [1.82, 2.24) is 4.98 Å². The van der Waals surface area contributed by atoms with E-state index in [1.54, 1.807) is 7.11 Å². The van der Waals surface area contributed by atoms with Crippen LogP contribution in [0, 0.1) is 0 Å². The smallest absolute Gasteiger partial charge is 0.119 e. The summed E-state index contributed by atoms with van der Waals surface area (Å²) in [7, 11) is 1.68. The van der Waals surface area contributed by atoms with E-state index in [2.05, 4.69) is 65.7 Å². The van der Waals surface area contributed by atoms with Crippen LogP contribution in [0.5, 0.6) is 5.75 Å². The lowest BCUT2D eigenvalue weighted by atomic mass is 10.0. The lowest BCUT2D eigenvalue weighted by Gasteiger charge is -2.03. The summed E-state index contributed by atoms with van der Waals surface area (Å²) in [5.41, 5.74) is 5.51. The van der Waals surface area contributed by atoms with Crippen molar-refractivity contribution in [1.29, 1.82) is 0 Å². The normalized spacial score (nSPS) is 11.1. The van der Waals surface area contributed by atoms with Crippen LogP contribution >= 0.6 is 0 Å². The van der Waals surface area contributed by atoms with E-state index in [1.807, 2.05) is 36.4 Å². The fourth-order valence-electron chi connectivity index (χ4n) is 2.94. The summed E-state index contributed by atoms with van der Waals surface area (Å²) in [6.07, 6.45) is 4.13. The molecule has 0 aliphatic rings. The third-order valence-corrected chi connectivity index (χ3v) is 4.38. The van der Waals surface area contributed by atoms with Crippen molar-refractivity contribution in [2.24, 2.45) is 0 Å². The first-order valence-corrected chi connectivity index (χ1v) is 8.60. The average molecular weight is 337 g/mol. The maximum absolute atomic E-state index is 5.26. The molecule has 3 aromatic carbocycles. The van der Waals surface area contributed by atoms with Crippen LogP contribution in [0.25, 0.3) is 34.2 Å². The summed E-state index contributed by atoms with van der Waals surface area (Å²) < 4.78 is 5.26. The molecule has 0 aliphatic heterocycles. The highest BCUT2D eigenvalue weighted by Gasteiger charge is 1.99. The summed E-state index contributed by atoms with van der Waals surface area (Å²) in [6.45, 7) is 0. The summed E-state index contributed by atoms with van der Waals surface area (Å²) in [5, 5.41) is 1.08. The minimum atomic E-state index is 0.848. The molecule has 0 N–H and O–H groups in total. The van der Waals surface area contributed by atoms with Crippen LogP contribution in [-0.2, 0) is 0 Å². The number of rotatable bonds is 4. The van der Waals surface area contributed by atoms with Crippen LogP contribution < -0.4 is 4.74 Å². The molecule has 1 heterocycles. The zero-order valence-corrected chi connectivity index (χ0v) is 14.6. The van der Waals surface area contributed by atoms with E-state index in [4.69, 9.17) is 4.74 Å². The van der Waals surface area contributed by atoms with Crippen molar-refractivity contribution in [3.63, 3.8) is 0 Å². The Bertz CT molecular complexity index is 1050. The van der Waals surface area contributed by atoms with Crippen molar-refractivity contribution in [3.05, 3.63) is 96.2 Å². The van der Waals surface area contributed by atoms with E-state index in [0.29, 0.717) is 0 Å². The van der Waals surface area contributed by atoms with Crippen LogP contribution in [0.4, 0.5) is 0 Å². The highest BCUT2D eigenvalue weighted by molar-refractivity contribution is 5.82. The van der Waals surface area contributed by atoms with Gasteiger partial charge >= 0.3 is 0 Å². The molecule has 4 aromatic rings. The third-order valence-electron chi connectivity index (χ3n) is 4.38. The molecule has 26 heavy (non-hydrogen) atoms. The highest BCUT2D eigenvalue weighted by Crippen LogP contribution is 2.22. The van der Waals surface area contributed by atoms with Crippen LogP contribution in [0.1, 0.15) is 11.3 Å². The molecule has 0 bridgehead atoms. The van der Waals surface area contributed by atoms with E-state index in [-0.39, 0.29) is 0 Å². The van der Waals surface area contributed by atoms with Gasteiger partial charge in [-0.05, 0) is 47.0 Å². The largest absolute Gasteiger partial charge is 0.497 e. The van der Waals surface area contributed by atoms with Gasteiger partial charge in [0.25, 0.3) is 0 Å². The van der Waals surface area contributed by atoms with Gasteiger partial charge in [-0.1, -0.05) is 66.7 Å². The predicted octanol–water partition coefficient (Wildman–Crippen LogP) is 6.08. The number of hydrogen-bond donors (Lipinski definition) is 0. The first kappa shape index (κ1) is 16.1. The van der Waals surface area contributed by atoms with Crippen LogP contribution in [-0.4, -0.2) is 12.1 Å². The van der Waals surface area contributed by atoms with E-state index in [0.717, 1.165) is 27.9 Å². The van der Waals surface area contributed by atoms with E-state index < -0.39 is 0 Å². The molecule has 2 nitrogen and oxygen atoms in total. The number of aromatic nitrogens is 1. The van der Waals surface area contributed by atoms with E-state index in [1.165, 1.54) is 11.1 Å². The number of hydrogen-bond acceptors (Lipinski definition) is 2. The second kappa shape index (κ2) is 7.24. The minimum absolute atomic E-state index is 0.848. The first-order chi connectivity index (χ1) is 12.8. The van der Waals surface area contributed by atoms with Gasteiger partial charge < -0.3 is 4.74 Å². The van der Waals surface area contributed by atoms with Crippen LogP contribution in [0.15, 0.2) is 84.9 Å². The van der Waals surface area contributed by atoms with Gasteiger partial charge in [-0.15, -0.1) is 0 Å². The summed E-state index contributed by atoms with van der Waals surface area (Å²) >= 11 is 0. The van der Waals surface area contributed by atoms with Gasteiger partial charge in [-0.2, -0.15) is 0 Å². The molecular weight excluding hydrogens is 318 g/mol. The van der Waals surface area contributed by atoms with Crippen molar-refractivity contribution >= 4 is 23.1 Å². The number of methoxy groups -OCH3 is 1. The maximum Gasteiger partial charge on any atom is 0.119 e. The Hall–Kier alpha value is -3.39. The van der Waals surface area contributed by atoms with Gasteiger partial charge in [0.05, 0.1) is 18.3 Å². The summed E-state index contributed by atoms with van der Waals surface area (Å²) in [6, 6.07) is 29.0. The van der Waals surface area contributed by atoms with E-state index >= 15 is 0 Å². The SMILES string of the molecule is COc1ccc2nc(C=Cc3ccc(-c4ccccc4)cc3)ccc2c1. The Balaban J connectivity index is 1.55. The van der Waals surface area contributed by atoms with Gasteiger partial charge in [0, 0.05) is 5.39 Å². The standard InChI is InChI=1S/C24H19NO/c1-26-23-15-16-24-21(17-23)12-14-22(25-24)13-9-18-7-10-20(11-8-18)19-5-3-2-4-6-19/h2-17H,1H3. The fourth-order valence-corrected chi connectivity index (χ4v) is 2.94. The van der Waals surface area contributed by atoms with Crippen molar-refractivity contribution < 1.29 is 4.74 Å². The number of pyridine rings is 1. The Morgan fingerprint density at radius 2 is 1.50 bits per heavy atom. The van der Waals surface area contributed by atoms with Gasteiger partial charge in [0.2, 0.25) is 0 Å². The lowest BCUT2D eigenvalue weighted by molar-refractivity contribution is 0.415. The highest BCUT2D eigenvalue weighted by atomic mass is 16.5. The second-order valence-electron chi connectivity index (χ2n) is 6.12. The Morgan fingerprint density at radius 1 is 0.731 bits per heavy atom. The van der Waals surface area contributed by atoms with Crippen molar-refractivity contribution in [2.75, 3.05) is 7.11 Å². The van der Waals surface area contributed by atoms with Gasteiger partial charge in [0.15, 0.2) is 0 Å². The molecular formula is C24H19NO. The monoisotopic (exact) mass is 337 g/mol. The third kappa shape index (κ3) is 3.50. The molecule has 0 amide bonds. The van der Waals surface area contributed by atoms with Gasteiger partial charge in [0.1, 0.15) is 5.75 Å². The zero-order valence-electron chi connectivity index (χ0n) is 14.6. The molecule has 4 rings (SSSR count). The minimum Gasteiger partial charge on any atom is -0.497 e. The molecule has 1 aromatic heterocycles. The number of fused-ring (bicyclic) bond motifs is 1. The fraction of sp³-hybridized carbons (Fsp3) is 0.0417. The molecule has 0 saturated heterocycles. The molecule has 0 fully saturated rings. The Labute approximate surface area is 153 Å². The maximum atomic E-state index is 5.26. The topological polar surface area (TPSA) is 22.1 Å². The lowest BCUT2D eigenvalue weighted by Crippen LogP contribution is -1.86. The van der Waals surface area contributed by atoms with Crippen LogP contribution in [0.3, 0.4) is 0 Å². The van der Waals surface area contributed by atoms with Gasteiger partial charge in [-0.3, -0.25) is 0 Å². The molecule has 0 atom stereocenters. The summed E-state index contributed by atoms with van der Waals surface area (Å²) in [5.74, 6) is 0.848. The zero-order chi connectivity index (χ0) is 17.8. The number of ether oxygens (including phenoxy) is 1.